The standard InChI is InChI=1S/C15H27N3O/c1-3-4-12-19-13-10-17-9-11-18(2)14-15-5-7-16-8-6-15/h5-8,17H,3-4,9-14H2,1-2H3. The van der Waals surface area contributed by atoms with Crippen molar-refractivity contribution in [3.8, 4) is 0 Å². The van der Waals surface area contributed by atoms with Gasteiger partial charge in [-0.25, -0.2) is 0 Å². The molecule has 0 aliphatic heterocycles. The van der Waals surface area contributed by atoms with Crippen LogP contribution in [0.4, 0.5) is 0 Å². The molecule has 108 valence electrons. The first-order valence-corrected chi connectivity index (χ1v) is 7.19. The normalized spacial score (nSPS) is 11.1. The molecule has 0 saturated heterocycles. The van der Waals surface area contributed by atoms with Gasteiger partial charge in [-0.2, -0.15) is 0 Å². The number of ether oxygens (including phenoxy) is 1. The van der Waals surface area contributed by atoms with Crippen molar-refractivity contribution in [1.29, 1.82) is 0 Å². The minimum absolute atomic E-state index is 0.814. The molecule has 0 atom stereocenters. The predicted octanol–water partition coefficient (Wildman–Crippen LogP) is 1.92. The third-order valence-electron chi connectivity index (χ3n) is 2.94. The molecule has 4 nitrogen and oxygen atoms in total. The Morgan fingerprint density at radius 3 is 2.74 bits per heavy atom. The van der Waals surface area contributed by atoms with Crippen molar-refractivity contribution >= 4 is 0 Å². The minimum Gasteiger partial charge on any atom is -0.380 e. The van der Waals surface area contributed by atoms with E-state index in [2.05, 4.69) is 41.3 Å². The van der Waals surface area contributed by atoms with Crippen molar-refractivity contribution in [3.63, 3.8) is 0 Å². The van der Waals surface area contributed by atoms with Gasteiger partial charge in [-0.3, -0.25) is 4.98 Å². The lowest BCUT2D eigenvalue weighted by Gasteiger charge is -2.16. The summed E-state index contributed by atoms with van der Waals surface area (Å²) < 4.78 is 5.49. The second kappa shape index (κ2) is 10.9. The Bertz CT molecular complexity index is 306. The highest BCUT2D eigenvalue weighted by molar-refractivity contribution is 5.09. The van der Waals surface area contributed by atoms with Crippen LogP contribution in [0.3, 0.4) is 0 Å². The fraction of sp³-hybridized carbons (Fsp3) is 0.667. The number of nitrogens with one attached hydrogen (secondary N) is 1. The first-order chi connectivity index (χ1) is 9.33. The number of pyridine rings is 1. The van der Waals surface area contributed by atoms with E-state index in [1.807, 2.05) is 12.4 Å². The van der Waals surface area contributed by atoms with Gasteiger partial charge in [0.1, 0.15) is 0 Å². The second-order valence-corrected chi connectivity index (χ2v) is 4.81. The predicted molar refractivity (Wildman–Crippen MR) is 79.2 cm³/mol. The third kappa shape index (κ3) is 8.70. The monoisotopic (exact) mass is 265 g/mol. The van der Waals surface area contributed by atoms with Crippen LogP contribution < -0.4 is 5.32 Å². The van der Waals surface area contributed by atoms with Gasteiger partial charge >= 0.3 is 0 Å². The highest BCUT2D eigenvalue weighted by Gasteiger charge is 1.99. The van der Waals surface area contributed by atoms with Gasteiger partial charge in [0.05, 0.1) is 6.61 Å². The lowest BCUT2D eigenvalue weighted by molar-refractivity contribution is 0.132. The first kappa shape index (κ1) is 16.1. The minimum atomic E-state index is 0.814. The molecule has 1 N–H and O–H groups in total. The zero-order valence-corrected chi connectivity index (χ0v) is 12.3. The molecular weight excluding hydrogens is 238 g/mol. The summed E-state index contributed by atoms with van der Waals surface area (Å²) in [5.41, 5.74) is 1.31. The summed E-state index contributed by atoms with van der Waals surface area (Å²) in [7, 11) is 2.14. The van der Waals surface area contributed by atoms with Gasteiger partial charge in [-0.15, -0.1) is 0 Å². The van der Waals surface area contributed by atoms with E-state index in [-0.39, 0.29) is 0 Å². The van der Waals surface area contributed by atoms with Crippen LogP contribution in [0, 0.1) is 0 Å². The van der Waals surface area contributed by atoms with Crippen LogP contribution >= 0.6 is 0 Å². The zero-order valence-electron chi connectivity index (χ0n) is 12.3. The van der Waals surface area contributed by atoms with E-state index < -0.39 is 0 Å². The SMILES string of the molecule is CCCCOCCNCCN(C)Cc1ccncc1. The van der Waals surface area contributed by atoms with Crippen LogP contribution in [0.2, 0.25) is 0 Å². The summed E-state index contributed by atoms with van der Waals surface area (Å²) in [4.78, 5) is 6.33. The fourth-order valence-electron chi connectivity index (χ4n) is 1.77. The number of likely N-dealkylation sites (N-methyl/N-ethyl adjacent to an activating group) is 1. The Kier molecular flexibility index (Phi) is 9.23. The number of unbranched alkanes of at least 4 members (excludes halogenated alkanes) is 1. The van der Waals surface area contributed by atoms with Crippen molar-refractivity contribution in [2.75, 3.05) is 39.9 Å². The lowest BCUT2D eigenvalue weighted by Crippen LogP contribution is -2.30. The highest BCUT2D eigenvalue weighted by atomic mass is 16.5. The van der Waals surface area contributed by atoms with Crippen molar-refractivity contribution in [2.24, 2.45) is 0 Å². The highest BCUT2D eigenvalue weighted by Crippen LogP contribution is 1.99. The van der Waals surface area contributed by atoms with Crippen molar-refractivity contribution in [3.05, 3.63) is 30.1 Å². The fourth-order valence-corrected chi connectivity index (χ4v) is 1.77. The van der Waals surface area contributed by atoms with E-state index in [9.17, 15) is 0 Å². The van der Waals surface area contributed by atoms with Gasteiger partial charge < -0.3 is 15.0 Å². The number of rotatable bonds is 11. The van der Waals surface area contributed by atoms with Crippen molar-refractivity contribution < 1.29 is 4.74 Å². The molecule has 0 aliphatic carbocycles. The molecule has 4 heteroatoms. The molecular formula is C15H27N3O. The molecule has 0 fully saturated rings. The summed E-state index contributed by atoms with van der Waals surface area (Å²) in [6, 6.07) is 4.12. The molecule has 19 heavy (non-hydrogen) atoms. The molecule has 0 unspecified atom stereocenters. The van der Waals surface area contributed by atoms with E-state index >= 15 is 0 Å². The maximum atomic E-state index is 5.49. The summed E-state index contributed by atoms with van der Waals surface area (Å²) in [6.07, 6.45) is 6.05. The summed E-state index contributed by atoms with van der Waals surface area (Å²) in [5, 5.41) is 3.40. The molecule has 0 spiro atoms. The number of nitrogens with zero attached hydrogens (tertiary/aromatic N) is 2. The van der Waals surface area contributed by atoms with E-state index in [0.29, 0.717) is 0 Å². The molecule has 0 saturated carbocycles. The Labute approximate surface area is 117 Å². The number of hydrogen-bond acceptors (Lipinski definition) is 4. The molecule has 0 aromatic carbocycles. The van der Waals surface area contributed by atoms with Gasteiger partial charge in [-0.05, 0) is 31.2 Å². The van der Waals surface area contributed by atoms with Crippen molar-refractivity contribution in [1.82, 2.24) is 15.2 Å². The van der Waals surface area contributed by atoms with Crippen LogP contribution in [0.5, 0.6) is 0 Å². The van der Waals surface area contributed by atoms with Crippen LogP contribution in [-0.2, 0) is 11.3 Å². The quantitative estimate of drug-likeness (QED) is 0.620. The van der Waals surface area contributed by atoms with Gasteiger partial charge in [-0.1, -0.05) is 13.3 Å². The topological polar surface area (TPSA) is 37.4 Å². The second-order valence-electron chi connectivity index (χ2n) is 4.81. The molecule has 0 radical (unpaired) electrons. The Morgan fingerprint density at radius 2 is 2.00 bits per heavy atom. The molecule has 1 rings (SSSR count). The van der Waals surface area contributed by atoms with Gasteiger partial charge in [0, 0.05) is 45.2 Å². The maximum absolute atomic E-state index is 5.49. The average molecular weight is 265 g/mol. The van der Waals surface area contributed by atoms with Gasteiger partial charge in [0.15, 0.2) is 0 Å². The molecule has 0 aliphatic rings. The Morgan fingerprint density at radius 1 is 1.21 bits per heavy atom. The van der Waals surface area contributed by atoms with E-state index in [4.69, 9.17) is 4.74 Å². The zero-order chi connectivity index (χ0) is 13.8. The molecule has 0 amide bonds. The van der Waals surface area contributed by atoms with Crippen LogP contribution in [-0.4, -0.2) is 49.8 Å². The van der Waals surface area contributed by atoms with E-state index in [0.717, 1.165) is 45.8 Å². The van der Waals surface area contributed by atoms with Gasteiger partial charge in [0.25, 0.3) is 0 Å². The summed E-state index contributed by atoms with van der Waals surface area (Å²) in [5.74, 6) is 0. The average Bonchev–Trinajstić information content (AvgIpc) is 2.43. The van der Waals surface area contributed by atoms with Crippen molar-refractivity contribution in [2.45, 2.75) is 26.3 Å². The van der Waals surface area contributed by atoms with Crippen LogP contribution in [0.1, 0.15) is 25.3 Å². The van der Waals surface area contributed by atoms with E-state index in [1.54, 1.807) is 0 Å². The van der Waals surface area contributed by atoms with Crippen LogP contribution in [0.15, 0.2) is 24.5 Å². The molecule has 1 aromatic heterocycles. The summed E-state index contributed by atoms with van der Waals surface area (Å²) >= 11 is 0. The molecule has 1 heterocycles. The van der Waals surface area contributed by atoms with E-state index in [1.165, 1.54) is 12.0 Å². The Balaban J connectivity index is 1.94. The smallest absolute Gasteiger partial charge is 0.0590 e. The lowest BCUT2D eigenvalue weighted by atomic mass is 10.2. The Hall–Kier alpha value is -0.970. The number of aromatic nitrogens is 1. The van der Waals surface area contributed by atoms with Gasteiger partial charge in [0.2, 0.25) is 0 Å². The van der Waals surface area contributed by atoms with Crippen LogP contribution in [0.25, 0.3) is 0 Å². The summed E-state index contributed by atoms with van der Waals surface area (Å²) in [6.45, 7) is 7.83. The third-order valence-corrected chi connectivity index (χ3v) is 2.94. The largest absolute Gasteiger partial charge is 0.380 e. The molecule has 0 bridgehead atoms. The first-order valence-electron chi connectivity index (χ1n) is 7.19. The molecule has 1 aromatic rings. The maximum Gasteiger partial charge on any atom is 0.0590 e. The number of hydrogen-bond donors (Lipinski definition) is 1.